The highest BCUT2D eigenvalue weighted by molar-refractivity contribution is 6.02. The maximum atomic E-state index is 12.1. The van der Waals surface area contributed by atoms with Crippen LogP contribution in [0.2, 0.25) is 0 Å². The SMILES string of the molecule is Cn1cc(C2=CCCc3ccc(C(=O)N=C(N)N)cc32)ccc1=O. The highest BCUT2D eigenvalue weighted by atomic mass is 16.1. The van der Waals surface area contributed by atoms with Gasteiger partial charge in [-0.2, -0.15) is 4.99 Å². The number of hydrogen-bond donors (Lipinski definition) is 2. The summed E-state index contributed by atoms with van der Waals surface area (Å²) in [5.74, 6) is -0.727. The number of fused-ring (bicyclic) bond motifs is 1. The second-order valence-electron chi connectivity index (χ2n) is 5.74. The van der Waals surface area contributed by atoms with Gasteiger partial charge in [0.15, 0.2) is 5.96 Å². The molecule has 1 aliphatic rings. The van der Waals surface area contributed by atoms with Gasteiger partial charge in [-0.05, 0) is 53.3 Å². The number of nitrogens with two attached hydrogens (primary N) is 2. The summed E-state index contributed by atoms with van der Waals surface area (Å²) in [7, 11) is 1.72. The van der Waals surface area contributed by atoms with E-state index >= 15 is 0 Å². The smallest absolute Gasteiger partial charge is 0.280 e. The molecule has 1 aromatic heterocycles. The molecule has 0 saturated carbocycles. The molecule has 6 heteroatoms. The average molecular weight is 322 g/mol. The van der Waals surface area contributed by atoms with Crippen molar-refractivity contribution in [3.8, 4) is 0 Å². The molecule has 0 radical (unpaired) electrons. The number of aryl methyl sites for hydroxylation is 2. The van der Waals surface area contributed by atoms with Crippen LogP contribution in [0.4, 0.5) is 0 Å². The minimum Gasteiger partial charge on any atom is -0.370 e. The molecule has 122 valence electrons. The molecule has 1 aliphatic carbocycles. The largest absolute Gasteiger partial charge is 0.370 e. The predicted molar refractivity (Wildman–Crippen MR) is 93.7 cm³/mol. The molecule has 2 aromatic rings. The van der Waals surface area contributed by atoms with Crippen molar-refractivity contribution in [3.63, 3.8) is 0 Å². The van der Waals surface area contributed by atoms with E-state index in [1.807, 2.05) is 6.07 Å². The Morgan fingerprint density at radius 1 is 1.21 bits per heavy atom. The quantitative estimate of drug-likeness (QED) is 0.640. The Kier molecular flexibility index (Phi) is 4.04. The Labute approximate surface area is 139 Å². The monoisotopic (exact) mass is 322 g/mol. The Bertz CT molecular complexity index is 934. The first kappa shape index (κ1) is 15.7. The van der Waals surface area contributed by atoms with Gasteiger partial charge in [-0.15, -0.1) is 0 Å². The number of nitrogens with zero attached hydrogens (tertiary/aromatic N) is 2. The van der Waals surface area contributed by atoms with Gasteiger partial charge in [0.25, 0.3) is 5.91 Å². The number of carbonyl (C=O) groups excluding carboxylic acids is 1. The number of guanidine groups is 1. The van der Waals surface area contributed by atoms with Gasteiger partial charge < -0.3 is 16.0 Å². The van der Waals surface area contributed by atoms with Gasteiger partial charge >= 0.3 is 0 Å². The van der Waals surface area contributed by atoms with Gasteiger partial charge in [-0.3, -0.25) is 9.59 Å². The zero-order valence-corrected chi connectivity index (χ0v) is 13.3. The van der Waals surface area contributed by atoms with E-state index < -0.39 is 5.91 Å². The molecular weight excluding hydrogens is 304 g/mol. The molecule has 0 bridgehead atoms. The molecule has 1 amide bonds. The zero-order valence-electron chi connectivity index (χ0n) is 13.3. The number of amides is 1. The number of allylic oxidation sites excluding steroid dienone is 1. The fraction of sp³-hybridized carbons (Fsp3) is 0.167. The molecule has 24 heavy (non-hydrogen) atoms. The predicted octanol–water partition coefficient (Wildman–Crippen LogP) is 1.18. The van der Waals surface area contributed by atoms with Gasteiger partial charge in [0.2, 0.25) is 5.56 Å². The van der Waals surface area contributed by atoms with Crippen LogP contribution < -0.4 is 17.0 Å². The fourth-order valence-corrected chi connectivity index (χ4v) is 2.87. The first-order valence-electron chi connectivity index (χ1n) is 7.60. The van der Waals surface area contributed by atoms with Crippen LogP contribution in [0, 0.1) is 0 Å². The molecule has 0 atom stereocenters. The van der Waals surface area contributed by atoms with Crippen LogP contribution in [-0.4, -0.2) is 16.4 Å². The number of rotatable bonds is 2. The van der Waals surface area contributed by atoms with E-state index in [0.29, 0.717) is 5.56 Å². The van der Waals surface area contributed by atoms with E-state index in [4.69, 9.17) is 11.5 Å². The maximum absolute atomic E-state index is 12.1. The molecule has 4 N–H and O–H groups in total. The Morgan fingerprint density at radius 2 is 2.00 bits per heavy atom. The molecular formula is C18H18N4O2. The first-order valence-corrected chi connectivity index (χ1v) is 7.60. The first-order chi connectivity index (χ1) is 11.5. The summed E-state index contributed by atoms with van der Waals surface area (Å²) in [6.07, 6.45) is 5.73. The van der Waals surface area contributed by atoms with E-state index in [-0.39, 0.29) is 11.5 Å². The summed E-state index contributed by atoms with van der Waals surface area (Å²) in [6, 6.07) is 8.81. The summed E-state index contributed by atoms with van der Waals surface area (Å²) in [5, 5.41) is 0. The van der Waals surface area contributed by atoms with Crippen molar-refractivity contribution in [1.82, 2.24) is 4.57 Å². The lowest BCUT2D eigenvalue weighted by molar-refractivity contribution is 0.100. The second kappa shape index (κ2) is 6.16. The summed E-state index contributed by atoms with van der Waals surface area (Å²) >= 11 is 0. The van der Waals surface area contributed by atoms with Crippen molar-refractivity contribution in [2.24, 2.45) is 23.5 Å². The summed E-state index contributed by atoms with van der Waals surface area (Å²) in [5.41, 5.74) is 15.0. The third-order valence-electron chi connectivity index (χ3n) is 4.04. The van der Waals surface area contributed by atoms with E-state index in [1.165, 1.54) is 0 Å². The van der Waals surface area contributed by atoms with Crippen LogP contribution in [-0.2, 0) is 13.5 Å². The van der Waals surface area contributed by atoms with Gasteiger partial charge in [0.05, 0.1) is 0 Å². The van der Waals surface area contributed by atoms with Gasteiger partial charge in [-0.1, -0.05) is 12.1 Å². The van der Waals surface area contributed by atoms with Gasteiger partial charge in [-0.25, -0.2) is 0 Å². The lowest BCUT2D eigenvalue weighted by Gasteiger charge is -2.19. The zero-order chi connectivity index (χ0) is 17.3. The summed E-state index contributed by atoms with van der Waals surface area (Å²) in [6.45, 7) is 0. The van der Waals surface area contributed by atoms with Crippen molar-refractivity contribution in [2.45, 2.75) is 12.8 Å². The number of benzene rings is 1. The molecule has 6 nitrogen and oxygen atoms in total. The topological polar surface area (TPSA) is 103 Å². The molecule has 0 fully saturated rings. The minimum absolute atomic E-state index is 0.0629. The number of aliphatic imine (C=N–C) groups is 1. The molecule has 1 aromatic carbocycles. The Balaban J connectivity index is 2.09. The third-order valence-corrected chi connectivity index (χ3v) is 4.04. The number of hydrogen-bond acceptors (Lipinski definition) is 2. The van der Waals surface area contributed by atoms with E-state index in [0.717, 1.165) is 35.1 Å². The molecule has 1 heterocycles. The Hall–Kier alpha value is -3.15. The van der Waals surface area contributed by atoms with Crippen LogP contribution in [0.3, 0.4) is 0 Å². The fourth-order valence-electron chi connectivity index (χ4n) is 2.87. The van der Waals surface area contributed by atoms with Crippen LogP contribution in [0.25, 0.3) is 5.57 Å². The van der Waals surface area contributed by atoms with E-state index in [2.05, 4.69) is 11.1 Å². The highest BCUT2D eigenvalue weighted by Crippen LogP contribution is 2.32. The minimum atomic E-state index is -0.469. The number of pyridine rings is 1. The second-order valence-corrected chi connectivity index (χ2v) is 5.74. The molecule has 0 unspecified atom stereocenters. The maximum Gasteiger partial charge on any atom is 0.280 e. The van der Waals surface area contributed by atoms with Crippen molar-refractivity contribution < 1.29 is 4.79 Å². The van der Waals surface area contributed by atoms with Crippen LogP contribution in [0.1, 0.15) is 33.5 Å². The normalized spacial score (nSPS) is 13.0. The average Bonchev–Trinajstić information content (AvgIpc) is 2.55. The standard InChI is InChI=1S/C18H18N4O2/c1-22-10-13(7-8-16(22)23)14-4-2-3-11-5-6-12(9-15(11)14)17(24)21-18(19)20/h4-10H,2-3H2,1H3,(H4,19,20,21,24). The molecule has 3 rings (SSSR count). The molecule has 0 spiro atoms. The lowest BCUT2D eigenvalue weighted by atomic mass is 9.86. The van der Waals surface area contributed by atoms with Gasteiger partial charge in [0, 0.05) is 24.9 Å². The van der Waals surface area contributed by atoms with Crippen LogP contribution in [0.15, 0.2) is 52.4 Å². The van der Waals surface area contributed by atoms with Crippen molar-refractivity contribution in [2.75, 3.05) is 0 Å². The Morgan fingerprint density at radius 3 is 2.71 bits per heavy atom. The van der Waals surface area contributed by atoms with Crippen molar-refractivity contribution >= 4 is 17.4 Å². The van der Waals surface area contributed by atoms with Crippen LogP contribution in [0.5, 0.6) is 0 Å². The number of aromatic nitrogens is 1. The third kappa shape index (κ3) is 2.99. The van der Waals surface area contributed by atoms with Crippen LogP contribution >= 0.6 is 0 Å². The highest BCUT2D eigenvalue weighted by Gasteiger charge is 2.17. The summed E-state index contributed by atoms with van der Waals surface area (Å²) in [4.78, 5) is 27.3. The van der Waals surface area contributed by atoms with E-state index in [1.54, 1.807) is 42.1 Å². The van der Waals surface area contributed by atoms with Crippen molar-refractivity contribution in [3.05, 3.63) is 75.2 Å². The van der Waals surface area contributed by atoms with Crippen molar-refractivity contribution in [1.29, 1.82) is 0 Å². The summed E-state index contributed by atoms with van der Waals surface area (Å²) < 4.78 is 1.54. The lowest BCUT2D eigenvalue weighted by Crippen LogP contribution is -2.24. The van der Waals surface area contributed by atoms with Gasteiger partial charge in [0.1, 0.15) is 0 Å². The molecule has 0 aliphatic heterocycles. The van der Waals surface area contributed by atoms with E-state index in [9.17, 15) is 9.59 Å². The molecule has 0 saturated heterocycles. The number of carbonyl (C=O) groups is 1.